The molecular weight excluding hydrogens is 342 g/mol. The maximum atomic E-state index is 13.4. The zero-order chi connectivity index (χ0) is 19.4. The van der Waals surface area contributed by atoms with Crippen molar-refractivity contribution >= 4 is 17.6 Å². The van der Waals surface area contributed by atoms with Gasteiger partial charge in [0.05, 0.1) is 17.2 Å². The number of ether oxygens (including phenoxy) is 1. The molecule has 1 aliphatic carbocycles. The summed E-state index contributed by atoms with van der Waals surface area (Å²) < 4.78 is 5.58. The van der Waals surface area contributed by atoms with Gasteiger partial charge in [-0.05, 0) is 50.5 Å². The van der Waals surface area contributed by atoms with Crippen LogP contribution in [0, 0.1) is 5.41 Å². The van der Waals surface area contributed by atoms with E-state index in [9.17, 15) is 14.7 Å². The van der Waals surface area contributed by atoms with E-state index in [-0.39, 0.29) is 12.3 Å². The zero-order valence-electron chi connectivity index (χ0n) is 15.7. The Hall–Kier alpha value is -2.66. The maximum absolute atomic E-state index is 13.4. The van der Waals surface area contributed by atoms with E-state index in [1.165, 1.54) is 4.90 Å². The summed E-state index contributed by atoms with van der Waals surface area (Å²) in [7, 11) is 0. The molecule has 27 heavy (non-hydrogen) atoms. The lowest BCUT2D eigenvalue weighted by atomic mass is 9.72. The Kier molecular flexibility index (Phi) is 3.89. The molecule has 2 aliphatic rings. The number of hydrogen-bond acceptors (Lipinski definition) is 4. The first-order chi connectivity index (χ1) is 12.7. The average Bonchev–Trinajstić information content (AvgIpc) is 2.90. The van der Waals surface area contributed by atoms with Gasteiger partial charge < -0.3 is 9.84 Å². The normalized spacial score (nSPS) is 23.9. The van der Waals surface area contributed by atoms with Gasteiger partial charge in [-0.15, -0.1) is 0 Å². The molecule has 0 saturated heterocycles. The fourth-order valence-electron chi connectivity index (χ4n) is 4.13. The van der Waals surface area contributed by atoms with Gasteiger partial charge >= 0.3 is 6.09 Å². The van der Waals surface area contributed by atoms with Crippen LogP contribution < -0.4 is 4.90 Å². The van der Waals surface area contributed by atoms with Crippen LogP contribution in [0.25, 0.3) is 0 Å². The lowest BCUT2D eigenvalue weighted by Gasteiger charge is -2.42. The van der Waals surface area contributed by atoms with Crippen molar-refractivity contribution in [3.8, 4) is 0 Å². The predicted molar refractivity (Wildman–Crippen MR) is 102 cm³/mol. The minimum absolute atomic E-state index is 0.0909. The highest BCUT2D eigenvalue weighted by Crippen LogP contribution is 2.51. The molecule has 0 fully saturated rings. The fourth-order valence-corrected chi connectivity index (χ4v) is 4.13. The van der Waals surface area contributed by atoms with Crippen LogP contribution in [0.3, 0.4) is 0 Å². The summed E-state index contributed by atoms with van der Waals surface area (Å²) in [6, 6.07) is 14.6. The van der Waals surface area contributed by atoms with Gasteiger partial charge in [0, 0.05) is 12.1 Å². The predicted octanol–water partition coefficient (Wildman–Crippen LogP) is 3.90. The number of hydrogen-bond donors (Lipinski definition) is 1. The summed E-state index contributed by atoms with van der Waals surface area (Å²) in [5.41, 5.74) is 0.940. The zero-order valence-corrected chi connectivity index (χ0v) is 15.7. The molecule has 0 radical (unpaired) electrons. The Bertz CT molecular complexity index is 930. The summed E-state index contributed by atoms with van der Waals surface area (Å²) in [5, 5.41) is 11.1. The van der Waals surface area contributed by atoms with Gasteiger partial charge in [0.1, 0.15) is 5.60 Å². The highest BCUT2D eigenvalue weighted by atomic mass is 16.6. The van der Waals surface area contributed by atoms with Gasteiger partial charge in [-0.1, -0.05) is 36.4 Å². The number of anilines is 1. The van der Waals surface area contributed by atoms with Crippen LogP contribution >= 0.6 is 0 Å². The molecule has 5 heteroatoms. The van der Waals surface area contributed by atoms with Crippen molar-refractivity contribution in [3.05, 3.63) is 65.2 Å². The van der Waals surface area contributed by atoms with Crippen LogP contribution in [0.4, 0.5) is 10.5 Å². The van der Waals surface area contributed by atoms with Crippen LogP contribution in [0.2, 0.25) is 0 Å². The molecule has 0 aromatic heterocycles. The van der Waals surface area contributed by atoms with E-state index in [4.69, 9.17) is 4.74 Å². The van der Waals surface area contributed by atoms with Crippen LogP contribution in [-0.2, 0) is 11.2 Å². The van der Waals surface area contributed by atoms with Crippen molar-refractivity contribution in [2.75, 3.05) is 11.4 Å². The molecular formula is C22H23NO4. The molecule has 2 aromatic carbocycles. The molecule has 1 N–H and O–H groups in total. The Morgan fingerprint density at radius 1 is 1.15 bits per heavy atom. The van der Waals surface area contributed by atoms with Crippen molar-refractivity contribution in [3.63, 3.8) is 0 Å². The van der Waals surface area contributed by atoms with E-state index in [0.717, 1.165) is 11.1 Å². The number of fused-ring (bicyclic) bond motifs is 2. The first kappa shape index (κ1) is 17.7. The summed E-state index contributed by atoms with van der Waals surface area (Å²) in [6.45, 7) is 5.51. The second-order valence-electron chi connectivity index (χ2n) is 8.35. The van der Waals surface area contributed by atoms with Crippen molar-refractivity contribution < 1.29 is 19.4 Å². The molecule has 1 aliphatic heterocycles. The van der Waals surface area contributed by atoms with E-state index in [1.54, 1.807) is 24.3 Å². The van der Waals surface area contributed by atoms with E-state index in [1.807, 2.05) is 45.0 Å². The first-order valence-corrected chi connectivity index (χ1v) is 9.13. The maximum Gasteiger partial charge on any atom is 0.414 e. The number of para-hydroxylation sites is 1. The molecule has 2 aromatic rings. The van der Waals surface area contributed by atoms with Gasteiger partial charge in [-0.25, -0.2) is 4.79 Å². The molecule has 4 rings (SSSR count). The third-order valence-corrected chi connectivity index (χ3v) is 5.32. The van der Waals surface area contributed by atoms with Crippen LogP contribution in [0.1, 0.15) is 48.4 Å². The van der Waals surface area contributed by atoms with Crippen molar-refractivity contribution in [2.45, 2.75) is 38.9 Å². The number of Topliss-reactive ketones (excluding diaryl/α,β-unsaturated/α-hetero) is 1. The van der Waals surface area contributed by atoms with Crippen LogP contribution in [-0.4, -0.2) is 29.1 Å². The first-order valence-electron chi connectivity index (χ1n) is 9.13. The van der Waals surface area contributed by atoms with E-state index < -0.39 is 23.2 Å². The van der Waals surface area contributed by atoms with E-state index >= 15 is 0 Å². The number of amides is 1. The second-order valence-corrected chi connectivity index (χ2v) is 8.35. The Labute approximate surface area is 158 Å². The smallest absolute Gasteiger partial charge is 0.414 e. The summed E-state index contributed by atoms with van der Waals surface area (Å²) >= 11 is 0. The molecule has 2 atom stereocenters. The summed E-state index contributed by atoms with van der Waals surface area (Å²) in [4.78, 5) is 27.8. The lowest BCUT2D eigenvalue weighted by Crippen LogP contribution is -2.53. The SMILES string of the molecule is CC(C)(C)OC(=O)N1CC2(Cc3ccccc3[C@H]2O)C(=O)c2ccccc21. The summed E-state index contributed by atoms with van der Waals surface area (Å²) in [6.07, 6.45) is -1.07. The third-order valence-electron chi connectivity index (χ3n) is 5.32. The molecule has 1 spiro atoms. The molecule has 1 heterocycles. The van der Waals surface area contributed by atoms with Gasteiger partial charge in [-0.2, -0.15) is 0 Å². The van der Waals surface area contributed by atoms with Crippen molar-refractivity contribution in [1.29, 1.82) is 0 Å². The van der Waals surface area contributed by atoms with Gasteiger partial charge in [0.15, 0.2) is 5.78 Å². The number of benzene rings is 2. The molecule has 1 amide bonds. The van der Waals surface area contributed by atoms with Gasteiger partial charge in [0.25, 0.3) is 0 Å². The topological polar surface area (TPSA) is 66.8 Å². The monoisotopic (exact) mass is 365 g/mol. The molecule has 140 valence electrons. The third kappa shape index (κ3) is 2.73. The Morgan fingerprint density at radius 2 is 1.81 bits per heavy atom. The lowest BCUT2D eigenvalue weighted by molar-refractivity contribution is 0.0289. The van der Waals surface area contributed by atoms with Crippen molar-refractivity contribution in [1.82, 2.24) is 0 Å². The molecule has 0 bridgehead atoms. The number of carbonyl (C=O) groups is 2. The molecule has 5 nitrogen and oxygen atoms in total. The largest absolute Gasteiger partial charge is 0.443 e. The number of rotatable bonds is 0. The quantitative estimate of drug-likeness (QED) is 0.769. The van der Waals surface area contributed by atoms with Crippen LogP contribution in [0.5, 0.6) is 0 Å². The molecule has 1 unspecified atom stereocenters. The standard InChI is InChI=1S/C22H23NO4/c1-21(2,3)27-20(26)23-13-22(19(25)16-10-6-7-11-17(16)23)12-14-8-4-5-9-15(14)18(22)24/h4-11,18,24H,12-13H2,1-3H3/t18-,22?/m1/s1. The fraction of sp³-hybridized carbons (Fsp3) is 0.364. The van der Waals surface area contributed by atoms with E-state index in [0.29, 0.717) is 17.7 Å². The van der Waals surface area contributed by atoms with Crippen LogP contribution in [0.15, 0.2) is 48.5 Å². The minimum Gasteiger partial charge on any atom is -0.443 e. The number of ketones is 1. The van der Waals surface area contributed by atoms with E-state index in [2.05, 4.69) is 0 Å². The number of aliphatic hydroxyl groups excluding tert-OH is 1. The highest BCUT2D eigenvalue weighted by molar-refractivity contribution is 6.11. The number of nitrogens with zero attached hydrogens (tertiary/aromatic N) is 1. The number of aliphatic hydroxyl groups is 1. The second kappa shape index (κ2) is 5.92. The highest BCUT2D eigenvalue weighted by Gasteiger charge is 2.56. The Morgan fingerprint density at radius 3 is 2.52 bits per heavy atom. The van der Waals surface area contributed by atoms with Gasteiger partial charge in [-0.3, -0.25) is 9.69 Å². The Balaban J connectivity index is 1.81. The molecule has 0 saturated carbocycles. The van der Waals surface area contributed by atoms with Crippen molar-refractivity contribution in [2.24, 2.45) is 5.41 Å². The minimum atomic E-state index is -1.09. The summed E-state index contributed by atoms with van der Waals surface area (Å²) in [5.74, 6) is -0.124. The number of carbonyl (C=O) groups excluding carboxylic acids is 2. The van der Waals surface area contributed by atoms with Gasteiger partial charge in [0.2, 0.25) is 0 Å². The average molecular weight is 365 g/mol.